The van der Waals surface area contributed by atoms with E-state index in [4.69, 9.17) is 18.9 Å². The summed E-state index contributed by atoms with van der Waals surface area (Å²) in [6, 6.07) is 15.6. The van der Waals surface area contributed by atoms with Gasteiger partial charge in [0.15, 0.2) is 23.0 Å². The molecule has 0 unspecified atom stereocenters. The van der Waals surface area contributed by atoms with Crippen LogP contribution in [0.5, 0.6) is 23.0 Å². The van der Waals surface area contributed by atoms with Gasteiger partial charge in [-0.1, -0.05) is 41.1 Å². The van der Waals surface area contributed by atoms with E-state index in [1.807, 2.05) is 45.0 Å². The maximum Gasteiger partial charge on any atom is 0.331 e. The number of barbiturate groups is 1. The molecule has 1 aliphatic rings. The molecule has 3 aromatic carbocycles. The summed E-state index contributed by atoms with van der Waals surface area (Å²) in [5, 5.41) is 2.27. The second-order valence-corrected chi connectivity index (χ2v) is 11.2. The molecule has 1 saturated heterocycles. The Bertz CT molecular complexity index is 1520. The molecule has 0 atom stereocenters. The molecule has 0 saturated carbocycles. The van der Waals surface area contributed by atoms with E-state index in [-0.39, 0.29) is 12.1 Å². The van der Waals surface area contributed by atoms with Crippen LogP contribution in [0.25, 0.3) is 6.08 Å². The maximum absolute atomic E-state index is 13.5. The number of imide groups is 2. The van der Waals surface area contributed by atoms with Gasteiger partial charge in [0.1, 0.15) is 12.2 Å². The first kappa shape index (κ1) is 32.1. The zero-order valence-corrected chi connectivity index (χ0v) is 27.2. The van der Waals surface area contributed by atoms with Crippen molar-refractivity contribution in [2.75, 3.05) is 19.8 Å². The molecule has 0 radical (unpaired) electrons. The molecule has 43 heavy (non-hydrogen) atoms. The highest BCUT2D eigenvalue weighted by molar-refractivity contribution is 9.10. The highest BCUT2D eigenvalue weighted by Gasteiger charge is 2.36. The number of hydrogen-bond donors (Lipinski definition) is 1. The van der Waals surface area contributed by atoms with Crippen molar-refractivity contribution in [3.8, 4) is 23.0 Å². The minimum absolute atomic E-state index is 0.0693. The second-order valence-electron chi connectivity index (χ2n) is 9.45. The molecule has 1 N–H and O–H groups in total. The topological polar surface area (TPSA) is 103 Å². The zero-order valence-electron chi connectivity index (χ0n) is 24.1. The molecule has 11 heteroatoms. The van der Waals surface area contributed by atoms with E-state index < -0.39 is 17.8 Å². The Hall–Kier alpha value is -3.83. The van der Waals surface area contributed by atoms with E-state index in [9.17, 15) is 14.4 Å². The van der Waals surface area contributed by atoms with Crippen LogP contribution in [0.15, 0.2) is 69.1 Å². The first-order valence-electron chi connectivity index (χ1n) is 13.8. The van der Waals surface area contributed by atoms with Crippen LogP contribution in [-0.2, 0) is 22.7 Å². The van der Waals surface area contributed by atoms with Crippen LogP contribution in [0.3, 0.4) is 0 Å². The third kappa shape index (κ3) is 8.17. The Morgan fingerprint density at radius 2 is 1.49 bits per heavy atom. The highest BCUT2D eigenvalue weighted by atomic mass is 79.9. The van der Waals surface area contributed by atoms with Gasteiger partial charge in [-0.15, -0.1) is 0 Å². The van der Waals surface area contributed by atoms with Gasteiger partial charge in [0, 0.05) is 4.47 Å². The Morgan fingerprint density at radius 1 is 0.791 bits per heavy atom. The van der Waals surface area contributed by atoms with Crippen molar-refractivity contribution in [2.45, 2.75) is 40.3 Å². The lowest BCUT2D eigenvalue weighted by Gasteiger charge is -2.26. The summed E-state index contributed by atoms with van der Waals surface area (Å²) in [4.78, 5) is 40.0. The van der Waals surface area contributed by atoms with Gasteiger partial charge in [0.25, 0.3) is 11.8 Å². The number of benzene rings is 3. The summed E-state index contributed by atoms with van der Waals surface area (Å²) in [5.41, 5.74) is 1.92. The molecule has 3 aromatic rings. The van der Waals surface area contributed by atoms with E-state index in [1.54, 1.807) is 30.3 Å². The summed E-state index contributed by atoms with van der Waals surface area (Å²) < 4.78 is 24.9. The fourth-order valence-corrected chi connectivity index (χ4v) is 5.09. The molecule has 0 aromatic heterocycles. The fourth-order valence-electron chi connectivity index (χ4n) is 4.25. The monoisotopic (exact) mass is 714 g/mol. The van der Waals surface area contributed by atoms with Gasteiger partial charge < -0.3 is 18.9 Å². The number of amides is 4. The van der Waals surface area contributed by atoms with Gasteiger partial charge in [0.05, 0.1) is 30.8 Å². The maximum atomic E-state index is 13.5. The molecule has 0 aliphatic carbocycles. The van der Waals surface area contributed by atoms with E-state index in [0.29, 0.717) is 65.0 Å². The highest BCUT2D eigenvalue weighted by Crippen LogP contribution is 2.38. The van der Waals surface area contributed by atoms with Gasteiger partial charge >= 0.3 is 6.03 Å². The lowest BCUT2D eigenvalue weighted by Crippen LogP contribution is -2.53. The van der Waals surface area contributed by atoms with Crippen molar-refractivity contribution >= 4 is 55.8 Å². The quantitative estimate of drug-likeness (QED) is 0.150. The molecule has 1 aliphatic heterocycles. The molecule has 0 bridgehead atoms. The van der Waals surface area contributed by atoms with Crippen LogP contribution in [0.2, 0.25) is 0 Å². The zero-order chi connectivity index (χ0) is 30.9. The lowest BCUT2D eigenvalue weighted by atomic mass is 10.1. The van der Waals surface area contributed by atoms with Crippen molar-refractivity contribution in [2.24, 2.45) is 0 Å². The number of urea groups is 1. The molecular formula is C32H32Br2N2O7. The summed E-state index contributed by atoms with van der Waals surface area (Å²) >= 11 is 6.97. The van der Waals surface area contributed by atoms with Crippen LogP contribution >= 0.6 is 31.9 Å². The third-order valence-electron chi connectivity index (χ3n) is 6.24. The molecule has 226 valence electrons. The van der Waals surface area contributed by atoms with Gasteiger partial charge in [-0.3, -0.25) is 19.8 Å². The van der Waals surface area contributed by atoms with Gasteiger partial charge in [-0.25, -0.2) is 4.79 Å². The Morgan fingerprint density at radius 3 is 2.19 bits per heavy atom. The van der Waals surface area contributed by atoms with E-state index in [0.717, 1.165) is 21.4 Å². The van der Waals surface area contributed by atoms with E-state index in [1.165, 1.54) is 6.08 Å². The molecule has 1 fully saturated rings. The first-order chi connectivity index (χ1) is 20.7. The van der Waals surface area contributed by atoms with Crippen molar-refractivity contribution < 1.29 is 33.3 Å². The number of nitrogens with zero attached hydrogens (tertiary/aromatic N) is 1. The number of halogens is 2. The summed E-state index contributed by atoms with van der Waals surface area (Å²) in [5.74, 6) is 0.515. The number of carbonyl (C=O) groups is 3. The lowest BCUT2D eigenvalue weighted by molar-refractivity contribution is -0.130. The van der Waals surface area contributed by atoms with Crippen LogP contribution < -0.4 is 24.3 Å². The van der Waals surface area contributed by atoms with E-state index in [2.05, 4.69) is 37.2 Å². The molecular weight excluding hydrogens is 684 g/mol. The van der Waals surface area contributed by atoms with Crippen molar-refractivity contribution in [1.29, 1.82) is 0 Å². The summed E-state index contributed by atoms with van der Waals surface area (Å²) in [6.07, 6.45) is 2.26. The molecule has 4 rings (SSSR count). The molecule has 4 amide bonds. The fraction of sp³-hybridized carbons (Fsp3) is 0.281. The largest absolute Gasteiger partial charge is 0.490 e. The number of carbonyl (C=O) groups excluding carboxylic acids is 3. The van der Waals surface area contributed by atoms with Crippen LogP contribution in [-0.4, -0.2) is 42.6 Å². The predicted molar refractivity (Wildman–Crippen MR) is 169 cm³/mol. The Labute approximate surface area is 267 Å². The van der Waals surface area contributed by atoms with Crippen molar-refractivity contribution in [1.82, 2.24) is 10.2 Å². The summed E-state index contributed by atoms with van der Waals surface area (Å²) in [7, 11) is 0. The smallest absolute Gasteiger partial charge is 0.331 e. The normalized spacial score (nSPS) is 14.1. The average Bonchev–Trinajstić information content (AvgIpc) is 2.98. The Kier molecular flexibility index (Phi) is 11.2. The average molecular weight is 716 g/mol. The van der Waals surface area contributed by atoms with Crippen molar-refractivity contribution in [3.63, 3.8) is 0 Å². The molecule has 0 spiro atoms. The third-order valence-corrected chi connectivity index (χ3v) is 7.35. The number of nitrogens with one attached hydrogen (secondary N) is 1. The summed E-state index contributed by atoms with van der Waals surface area (Å²) in [6.45, 7) is 7.27. The van der Waals surface area contributed by atoms with E-state index >= 15 is 0 Å². The van der Waals surface area contributed by atoms with Gasteiger partial charge in [-0.2, -0.15) is 0 Å². The van der Waals surface area contributed by atoms with Gasteiger partial charge in [-0.05, 0) is 95.4 Å². The predicted octanol–water partition coefficient (Wildman–Crippen LogP) is 7.04. The first-order valence-corrected chi connectivity index (χ1v) is 15.4. The van der Waals surface area contributed by atoms with Crippen LogP contribution in [0, 0.1) is 0 Å². The Balaban J connectivity index is 1.58. The number of hydrogen-bond acceptors (Lipinski definition) is 7. The number of rotatable bonds is 13. The second kappa shape index (κ2) is 15.1. The standard InChI is InChI=1S/C32H32Br2N2O7/c1-4-13-42-26-12-9-21(16-27(26)40-5-2)18-36-31(38)24(30(37)35-32(36)39)14-22-15-25(34)29(28(17-22)41-6-3)43-19-20-7-10-23(33)11-8-20/h7-12,14-17H,4-6,13,18-19H2,1-3H3,(H,35,37,39)/b24-14+. The minimum atomic E-state index is -0.802. The minimum Gasteiger partial charge on any atom is -0.490 e. The van der Waals surface area contributed by atoms with Crippen LogP contribution in [0.1, 0.15) is 43.9 Å². The number of ether oxygens (including phenoxy) is 4. The van der Waals surface area contributed by atoms with Crippen LogP contribution in [0.4, 0.5) is 4.79 Å². The van der Waals surface area contributed by atoms with Crippen molar-refractivity contribution in [3.05, 3.63) is 85.8 Å². The SMILES string of the molecule is CCCOc1ccc(CN2C(=O)NC(=O)/C(=C\c3cc(Br)c(OCc4ccc(Br)cc4)c(OCC)c3)C2=O)cc1OCC. The molecule has 9 nitrogen and oxygen atoms in total. The van der Waals surface area contributed by atoms with Gasteiger partial charge in [0.2, 0.25) is 0 Å². The molecule has 1 heterocycles.